The molecule has 0 spiro atoms. The van der Waals surface area contributed by atoms with Crippen LogP contribution in [0.15, 0.2) is 18.2 Å². The van der Waals surface area contributed by atoms with E-state index in [1.54, 1.807) is 0 Å². The van der Waals surface area contributed by atoms with Crippen molar-refractivity contribution >= 4 is 13.3 Å². The molecule has 0 bridgehead atoms. The summed E-state index contributed by atoms with van der Waals surface area (Å²) in [5.74, 6) is -0.346. The van der Waals surface area contributed by atoms with Crippen molar-refractivity contribution in [3.8, 4) is 0 Å². The molecule has 1 aliphatic heterocycles. The van der Waals surface area contributed by atoms with E-state index in [9.17, 15) is 4.39 Å². The minimum absolute atomic E-state index is 0.346. The van der Waals surface area contributed by atoms with E-state index in [1.165, 1.54) is 18.2 Å². The van der Waals surface area contributed by atoms with Crippen LogP contribution in [0.5, 0.6) is 0 Å². The quantitative estimate of drug-likeness (QED) is 0.588. The fraction of sp³-hybridized carbons (Fsp3) is 0.333. The van der Waals surface area contributed by atoms with Gasteiger partial charge >= 0.3 is 0 Å². The van der Waals surface area contributed by atoms with Crippen LogP contribution in [-0.2, 0) is 9.47 Å². The summed E-state index contributed by atoms with van der Waals surface area (Å²) < 4.78 is 23.5. The molecule has 0 amide bonds. The van der Waals surface area contributed by atoms with Crippen LogP contribution in [0, 0.1) is 5.82 Å². The molecule has 4 heteroatoms. The Morgan fingerprint density at radius 2 is 2.00 bits per heavy atom. The standard InChI is InChI=1S/C9H8BFO2/c10-6-1-2-8(11)7(5-6)9-12-3-4-13-9/h1-2,5,9H,3-4H2. The molecule has 13 heavy (non-hydrogen) atoms. The number of ether oxygens (including phenoxy) is 2. The van der Waals surface area contributed by atoms with Crippen LogP contribution in [0.25, 0.3) is 0 Å². The zero-order valence-corrected chi connectivity index (χ0v) is 7.00. The summed E-state index contributed by atoms with van der Waals surface area (Å²) in [6.07, 6.45) is -0.594. The van der Waals surface area contributed by atoms with Gasteiger partial charge in [0.05, 0.1) is 13.2 Å². The van der Waals surface area contributed by atoms with E-state index in [0.717, 1.165) is 0 Å². The van der Waals surface area contributed by atoms with Crippen LogP contribution >= 0.6 is 0 Å². The first kappa shape index (κ1) is 8.72. The summed E-state index contributed by atoms with van der Waals surface area (Å²) in [6, 6.07) is 4.36. The van der Waals surface area contributed by atoms with Gasteiger partial charge in [-0.3, -0.25) is 0 Å². The lowest BCUT2D eigenvalue weighted by atomic mass is 9.94. The molecule has 2 nitrogen and oxygen atoms in total. The van der Waals surface area contributed by atoms with Crippen LogP contribution in [0.2, 0.25) is 0 Å². The second-order valence-corrected chi connectivity index (χ2v) is 2.85. The average molecular weight is 178 g/mol. The number of benzene rings is 1. The fourth-order valence-electron chi connectivity index (χ4n) is 1.28. The molecule has 0 saturated carbocycles. The van der Waals surface area contributed by atoms with E-state index >= 15 is 0 Å². The second-order valence-electron chi connectivity index (χ2n) is 2.85. The van der Waals surface area contributed by atoms with Crippen LogP contribution in [0.4, 0.5) is 4.39 Å². The predicted molar refractivity (Wildman–Crippen MR) is 46.4 cm³/mol. The van der Waals surface area contributed by atoms with Gasteiger partial charge in [0.15, 0.2) is 6.29 Å². The molecule has 1 aromatic rings. The lowest BCUT2D eigenvalue weighted by molar-refractivity contribution is -0.0464. The van der Waals surface area contributed by atoms with E-state index in [4.69, 9.17) is 17.3 Å². The number of rotatable bonds is 1. The Labute approximate surface area is 77.1 Å². The summed E-state index contributed by atoms with van der Waals surface area (Å²) in [5, 5.41) is 0. The molecule has 2 radical (unpaired) electrons. The zero-order chi connectivity index (χ0) is 9.26. The Bertz CT molecular complexity index is 310. The topological polar surface area (TPSA) is 18.5 Å². The smallest absolute Gasteiger partial charge is 0.186 e. The molecule has 2 rings (SSSR count). The zero-order valence-electron chi connectivity index (χ0n) is 7.00. The highest BCUT2D eigenvalue weighted by molar-refractivity contribution is 6.32. The van der Waals surface area contributed by atoms with Gasteiger partial charge in [-0.15, -0.1) is 0 Å². The number of hydrogen-bond donors (Lipinski definition) is 0. The summed E-state index contributed by atoms with van der Waals surface area (Å²) in [7, 11) is 5.52. The van der Waals surface area contributed by atoms with Gasteiger partial charge in [-0.05, 0) is 6.07 Å². The Morgan fingerprint density at radius 1 is 1.31 bits per heavy atom. The molecular weight excluding hydrogens is 170 g/mol. The highest BCUT2D eigenvalue weighted by atomic mass is 19.1. The monoisotopic (exact) mass is 178 g/mol. The van der Waals surface area contributed by atoms with Gasteiger partial charge in [-0.2, -0.15) is 0 Å². The normalized spacial score (nSPS) is 17.9. The van der Waals surface area contributed by atoms with Gasteiger partial charge in [0.1, 0.15) is 13.7 Å². The third-order valence-electron chi connectivity index (χ3n) is 1.90. The van der Waals surface area contributed by atoms with Crippen molar-refractivity contribution in [3.63, 3.8) is 0 Å². The van der Waals surface area contributed by atoms with E-state index in [0.29, 0.717) is 24.2 Å². The van der Waals surface area contributed by atoms with Crippen molar-refractivity contribution in [2.24, 2.45) is 0 Å². The fourth-order valence-corrected chi connectivity index (χ4v) is 1.28. The Hall–Kier alpha value is -0.865. The summed E-state index contributed by atoms with van der Waals surface area (Å²) >= 11 is 0. The van der Waals surface area contributed by atoms with Gasteiger partial charge in [0, 0.05) is 5.56 Å². The van der Waals surface area contributed by atoms with E-state index in [1.807, 2.05) is 0 Å². The van der Waals surface area contributed by atoms with Gasteiger partial charge in [0.2, 0.25) is 0 Å². The molecule has 0 aliphatic carbocycles. The Balaban J connectivity index is 2.32. The highest BCUT2D eigenvalue weighted by Crippen LogP contribution is 2.24. The van der Waals surface area contributed by atoms with Crippen LogP contribution < -0.4 is 5.46 Å². The summed E-state index contributed by atoms with van der Waals surface area (Å²) in [5.41, 5.74) is 0.882. The van der Waals surface area contributed by atoms with Crippen molar-refractivity contribution < 1.29 is 13.9 Å². The first-order valence-corrected chi connectivity index (χ1v) is 4.05. The van der Waals surface area contributed by atoms with Gasteiger partial charge in [-0.25, -0.2) is 4.39 Å². The molecule has 0 aromatic heterocycles. The first-order chi connectivity index (χ1) is 6.27. The number of halogens is 1. The lowest BCUT2D eigenvalue weighted by Crippen LogP contribution is -2.09. The molecule has 1 aliphatic rings. The highest BCUT2D eigenvalue weighted by Gasteiger charge is 2.21. The van der Waals surface area contributed by atoms with E-state index in [2.05, 4.69) is 0 Å². The lowest BCUT2D eigenvalue weighted by Gasteiger charge is -2.10. The van der Waals surface area contributed by atoms with E-state index < -0.39 is 6.29 Å². The Morgan fingerprint density at radius 3 is 2.69 bits per heavy atom. The average Bonchev–Trinajstić information content (AvgIpc) is 2.61. The van der Waals surface area contributed by atoms with Crippen molar-refractivity contribution in [1.29, 1.82) is 0 Å². The molecule has 0 unspecified atom stereocenters. The van der Waals surface area contributed by atoms with Crippen molar-refractivity contribution in [2.75, 3.05) is 13.2 Å². The van der Waals surface area contributed by atoms with Crippen molar-refractivity contribution in [3.05, 3.63) is 29.6 Å². The summed E-state index contributed by atoms with van der Waals surface area (Å²) in [4.78, 5) is 0. The molecule has 0 atom stereocenters. The third kappa shape index (κ3) is 1.74. The summed E-state index contributed by atoms with van der Waals surface area (Å²) in [6.45, 7) is 0.998. The van der Waals surface area contributed by atoms with Crippen LogP contribution in [-0.4, -0.2) is 21.1 Å². The second kappa shape index (κ2) is 3.48. The maximum Gasteiger partial charge on any atom is 0.186 e. The van der Waals surface area contributed by atoms with Crippen molar-refractivity contribution in [2.45, 2.75) is 6.29 Å². The molecule has 66 valence electrons. The third-order valence-corrected chi connectivity index (χ3v) is 1.90. The molecule has 1 aromatic carbocycles. The number of hydrogen-bond acceptors (Lipinski definition) is 2. The maximum absolute atomic E-state index is 13.2. The molecule has 1 saturated heterocycles. The Kier molecular flexibility index (Phi) is 2.33. The molecule has 1 heterocycles. The minimum Gasteiger partial charge on any atom is -0.346 e. The first-order valence-electron chi connectivity index (χ1n) is 4.05. The van der Waals surface area contributed by atoms with Crippen LogP contribution in [0.3, 0.4) is 0 Å². The molecule has 0 N–H and O–H groups in total. The largest absolute Gasteiger partial charge is 0.346 e. The van der Waals surface area contributed by atoms with Gasteiger partial charge < -0.3 is 9.47 Å². The minimum atomic E-state index is -0.594. The predicted octanol–water partition coefficient (Wildman–Crippen LogP) is 0.665. The molecule has 1 fully saturated rings. The van der Waals surface area contributed by atoms with Crippen molar-refractivity contribution in [1.82, 2.24) is 0 Å². The SMILES string of the molecule is [B]c1ccc(F)c(C2OCCO2)c1. The van der Waals surface area contributed by atoms with E-state index in [-0.39, 0.29) is 5.82 Å². The maximum atomic E-state index is 13.2. The van der Waals surface area contributed by atoms with Crippen LogP contribution in [0.1, 0.15) is 11.9 Å². The van der Waals surface area contributed by atoms with Gasteiger partial charge in [0.25, 0.3) is 0 Å². The molecular formula is C9H8BFO2. The van der Waals surface area contributed by atoms with Gasteiger partial charge in [-0.1, -0.05) is 17.6 Å².